The first kappa shape index (κ1) is 7.96. The van der Waals surface area contributed by atoms with Crippen LogP contribution in [0.4, 0.5) is 0 Å². The second kappa shape index (κ2) is 3.89. The number of hydrogen-bond acceptors (Lipinski definition) is 3. The van der Waals surface area contributed by atoms with Crippen molar-refractivity contribution in [3.05, 3.63) is 29.8 Å². The SMILES string of the molecule is N#CSCc1ccc(O)cc1. The Morgan fingerprint density at radius 2 is 2.00 bits per heavy atom. The Kier molecular flexibility index (Phi) is 2.82. The van der Waals surface area contributed by atoms with Gasteiger partial charge < -0.3 is 5.11 Å². The van der Waals surface area contributed by atoms with Gasteiger partial charge in [-0.05, 0) is 29.5 Å². The van der Waals surface area contributed by atoms with E-state index in [1.807, 2.05) is 5.40 Å². The molecule has 3 heteroatoms. The van der Waals surface area contributed by atoms with Gasteiger partial charge in [0.15, 0.2) is 0 Å². The van der Waals surface area contributed by atoms with E-state index in [-0.39, 0.29) is 5.75 Å². The fourth-order valence-electron chi connectivity index (χ4n) is 0.708. The first-order valence-corrected chi connectivity index (χ1v) is 4.10. The molecule has 1 rings (SSSR count). The number of phenols is 1. The van der Waals surface area contributed by atoms with Gasteiger partial charge in [-0.25, -0.2) is 0 Å². The number of rotatable bonds is 2. The van der Waals surface area contributed by atoms with Crippen molar-refractivity contribution in [2.24, 2.45) is 0 Å². The fraction of sp³-hybridized carbons (Fsp3) is 0.125. The molecule has 0 spiro atoms. The molecule has 0 aliphatic heterocycles. The summed E-state index contributed by atoms with van der Waals surface area (Å²) in [5.74, 6) is 0.937. The van der Waals surface area contributed by atoms with E-state index in [1.165, 1.54) is 11.8 Å². The van der Waals surface area contributed by atoms with E-state index in [0.717, 1.165) is 5.56 Å². The Hall–Kier alpha value is -1.14. The molecule has 0 amide bonds. The van der Waals surface area contributed by atoms with Crippen molar-refractivity contribution in [1.82, 2.24) is 0 Å². The van der Waals surface area contributed by atoms with Gasteiger partial charge in [-0.2, -0.15) is 5.26 Å². The number of aromatic hydroxyl groups is 1. The number of hydrogen-bond donors (Lipinski definition) is 1. The van der Waals surface area contributed by atoms with Gasteiger partial charge in [0.05, 0.1) is 0 Å². The van der Waals surface area contributed by atoms with Crippen LogP contribution in [0.1, 0.15) is 5.56 Å². The molecule has 2 nitrogen and oxygen atoms in total. The lowest BCUT2D eigenvalue weighted by Crippen LogP contribution is -1.76. The Labute approximate surface area is 69.5 Å². The molecule has 0 aromatic heterocycles. The third-order valence-corrected chi connectivity index (χ3v) is 1.85. The third kappa shape index (κ3) is 2.52. The molecular weight excluding hydrogens is 158 g/mol. The quantitative estimate of drug-likeness (QED) is 0.682. The predicted molar refractivity (Wildman–Crippen MR) is 45.0 cm³/mol. The zero-order valence-electron chi connectivity index (χ0n) is 5.82. The summed E-state index contributed by atoms with van der Waals surface area (Å²) in [6.45, 7) is 0. The Balaban J connectivity index is 2.60. The molecule has 0 atom stereocenters. The van der Waals surface area contributed by atoms with E-state index in [1.54, 1.807) is 24.3 Å². The van der Waals surface area contributed by atoms with Crippen molar-refractivity contribution in [2.45, 2.75) is 5.75 Å². The van der Waals surface area contributed by atoms with E-state index >= 15 is 0 Å². The molecule has 0 aliphatic rings. The molecule has 0 heterocycles. The van der Waals surface area contributed by atoms with Crippen LogP contribution >= 0.6 is 11.8 Å². The molecule has 1 aromatic rings. The monoisotopic (exact) mass is 165 g/mol. The smallest absolute Gasteiger partial charge is 0.133 e. The lowest BCUT2D eigenvalue weighted by atomic mass is 10.2. The number of thiocyanates is 1. The zero-order valence-corrected chi connectivity index (χ0v) is 6.64. The third-order valence-electron chi connectivity index (χ3n) is 1.24. The number of phenolic OH excluding ortho intramolecular Hbond substituents is 1. The van der Waals surface area contributed by atoms with E-state index in [2.05, 4.69) is 0 Å². The fourth-order valence-corrected chi connectivity index (χ4v) is 1.13. The van der Waals surface area contributed by atoms with Gasteiger partial charge in [0.25, 0.3) is 0 Å². The summed E-state index contributed by atoms with van der Waals surface area (Å²) in [6.07, 6.45) is 0. The summed E-state index contributed by atoms with van der Waals surface area (Å²) in [4.78, 5) is 0. The molecule has 0 fully saturated rings. The van der Waals surface area contributed by atoms with Crippen molar-refractivity contribution >= 4 is 11.8 Å². The van der Waals surface area contributed by atoms with Gasteiger partial charge in [0.2, 0.25) is 0 Å². The molecule has 0 saturated heterocycles. The lowest BCUT2D eigenvalue weighted by Gasteiger charge is -1.95. The van der Waals surface area contributed by atoms with Gasteiger partial charge in [-0.3, -0.25) is 0 Å². The standard InChI is InChI=1S/C8H7NOS/c9-6-11-5-7-1-3-8(10)4-2-7/h1-4,10H,5H2. The van der Waals surface area contributed by atoms with Crippen molar-refractivity contribution in [2.75, 3.05) is 0 Å². The summed E-state index contributed by atoms with van der Waals surface area (Å²) in [5.41, 5.74) is 1.05. The summed E-state index contributed by atoms with van der Waals surface area (Å²) in [7, 11) is 0. The molecule has 11 heavy (non-hydrogen) atoms. The molecule has 1 N–H and O–H groups in total. The molecule has 0 saturated carbocycles. The maximum absolute atomic E-state index is 8.91. The highest BCUT2D eigenvalue weighted by atomic mass is 32.2. The van der Waals surface area contributed by atoms with Crippen LogP contribution in [-0.4, -0.2) is 5.11 Å². The molecular formula is C8H7NOS. The van der Waals surface area contributed by atoms with Crippen molar-refractivity contribution < 1.29 is 5.11 Å². The highest BCUT2D eigenvalue weighted by Crippen LogP contribution is 2.14. The van der Waals surface area contributed by atoms with Crippen LogP contribution in [0.5, 0.6) is 5.75 Å². The molecule has 0 aliphatic carbocycles. The van der Waals surface area contributed by atoms with E-state index in [0.29, 0.717) is 5.75 Å². The number of benzene rings is 1. The highest BCUT2D eigenvalue weighted by Gasteiger charge is 1.91. The zero-order chi connectivity index (χ0) is 8.10. The van der Waals surface area contributed by atoms with Crippen LogP contribution in [0.15, 0.2) is 24.3 Å². The van der Waals surface area contributed by atoms with Crippen LogP contribution in [0.2, 0.25) is 0 Å². The van der Waals surface area contributed by atoms with E-state index in [4.69, 9.17) is 10.4 Å². The Morgan fingerprint density at radius 3 is 2.55 bits per heavy atom. The average Bonchev–Trinajstić information content (AvgIpc) is 2.04. The maximum atomic E-state index is 8.91. The lowest BCUT2D eigenvalue weighted by molar-refractivity contribution is 0.475. The van der Waals surface area contributed by atoms with Gasteiger partial charge in [-0.15, -0.1) is 0 Å². The van der Waals surface area contributed by atoms with Crippen LogP contribution in [0.25, 0.3) is 0 Å². The van der Waals surface area contributed by atoms with Crippen LogP contribution in [0.3, 0.4) is 0 Å². The Morgan fingerprint density at radius 1 is 1.36 bits per heavy atom. The molecule has 0 radical (unpaired) electrons. The molecule has 1 aromatic carbocycles. The van der Waals surface area contributed by atoms with Crippen molar-refractivity contribution in [3.63, 3.8) is 0 Å². The van der Waals surface area contributed by atoms with Crippen molar-refractivity contribution in [1.29, 1.82) is 5.26 Å². The van der Waals surface area contributed by atoms with Crippen LogP contribution < -0.4 is 0 Å². The summed E-state index contributed by atoms with van der Waals surface area (Å²) >= 11 is 1.19. The topological polar surface area (TPSA) is 44.0 Å². The maximum Gasteiger partial charge on any atom is 0.133 e. The number of nitriles is 1. The second-order valence-corrected chi connectivity index (χ2v) is 2.81. The van der Waals surface area contributed by atoms with Gasteiger partial charge in [-0.1, -0.05) is 12.1 Å². The first-order chi connectivity index (χ1) is 5.33. The molecule has 0 bridgehead atoms. The van der Waals surface area contributed by atoms with E-state index < -0.39 is 0 Å². The van der Waals surface area contributed by atoms with Gasteiger partial charge >= 0.3 is 0 Å². The van der Waals surface area contributed by atoms with Crippen LogP contribution in [-0.2, 0) is 5.75 Å². The summed E-state index contributed by atoms with van der Waals surface area (Å²) in [6, 6.07) is 6.85. The van der Waals surface area contributed by atoms with Crippen LogP contribution in [0, 0.1) is 10.7 Å². The predicted octanol–water partition coefficient (Wildman–Crippen LogP) is 2.11. The minimum absolute atomic E-state index is 0.260. The normalized spacial score (nSPS) is 9.00. The second-order valence-electron chi connectivity index (χ2n) is 2.05. The van der Waals surface area contributed by atoms with Gasteiger partial charge in [0, 0.05) is 5.75 Å². The average molecular weight is 165 g/mol. The minimum atomic E-state index is 0.260. The van der Waals surface area contributed by atoms with E-state index in [9.17, 15) is 0 Å². The van der Waals surface area contributed by atoms with Gasteiger partial charge in [0.1, 0.15) is 11.2 Å². The largest absolute Gasteiger partial charge is 0.508 e. The highest BCUT2D eigenvalue weighted by molar-refractivity contribution is 8.02. The molecule has 0 unspecified atom stereocenters. The first-order valence-electron chi connectivity index (χ1n) is 3.11. The van der Waals surface area contributed by atoms with Crippen molar-refractivity contribution in [3.8, 4) is 11.2 Å². The summed E-state index contributed by atoms with van der Waals surface area (Å²) in [5, 5.41) is 19.1. The number of thioether (sulfide) groups is 1. The summed E-state index contributed by atoms with van der Waals surface area (Å²) < 4.78 is 0. The minimum Gasteiger partial charge on any atom is -0.508 e. The Bertz CT molecular complexity index is 262. The molecule has 56 valence electrons. The number of nitrogens with zero attached hydrogens (tertiary/aromatic N) is 1.